The van der Waals surface area contributed by atoms with Crippen molar-refractivity contribution in [2.24, 2.45) is 5.92 Å². The van der Waals surface area contributed by atoms with Crippen LogP contribution in [0.5, 0.6) is 5.75 Å². The number of rotatable bonds is 7. The molecule has 1 fully saturated rings. The zero-order valence-corrected chi connectivity index (χ0v) is 19.7. The summed E-state index contributed by atoms with van der Waals surface area (Å²) in [7, 11) is -3.78. The molecule has 0 amide bonds. The molecule has 1 unspecified atom stereocenters. The van der Waals surface area contributed by atoms with Crippen LogP contribution in [0, 0.1) is 5.92 Å². The minimum absolute atomic E-state index is 0.137. The lowest BCUT2D eigenvalue weighted by atomic mass is 9.96. The van der Waals surface area contributed by atoms with Crippen LogP contribution in [0.1, 0.15) is 49.8 Å². The molecule has 2 aromatic rings. The monoisotopic (exact) mass is 459 g/mol. The van der Waals surface area contributed by atoms with E-state index in [1.807, 2.05) is 19.1 Å². The Labute approximate surface area is 191 Å². The summed E-state index contributed by atoms with van der Waals surface area (Å²) in [6, 6.07) is 10.7. The Kier molecular flexibility index (Phi) is 7.08. The van der Waals surface area contributed by atoms with E-state index >= 15 is 0 Å². The van der Waals surface area contributed by atoms with Crippen LogP contribution in [0.15, 0.2) is 41.3 Å². The maximum atomic E-state index is 13.7. The van der Waals surface area contributed by atoms with Gasteiger partial charge in [0.05, 0.1) is 23.8 Å². The molecule has 2 heterocycles. The van der Waals surface area contributed by atoms with E-state index in [9.17, 15) is 13.5 Å². The molecule has 0 aliphatic carbocycles. The number of hydrogen-bond acceptors (Lipinski definition) is 5. The number of ether oxygens (including phenoxy) is 2. The topological polar surface area (TPSA) is 76.1 Å². The summed E-state index contributed by atoms with van der Waals surface area (Å²) >= 11 is 0. The van der Waals surface area contributed by atoms with Crippen molar-refractivity contribution in [2.45, 2.75) is 63.5 Å². The standard InChI is InChI=1S/C25H33NO5S/c1-3-19-5-8-24-21(14-19)6-4-18(2)26(24)32(28,29)23-7-9-25(22(15-23)16-27)31-17-20-10-12-30-13-11-20/h5,7-9,14-15,18,20,27H,3-4,6,10-13,16-17H2,1-2H3. The van der Waals surface area contributed by atoms with Crippen LogP contribution in [0.25, 0.3) is 0 Å². The summed E-state index contributed by atoms with van der Waals surface area (Å²) in [5.74, 6) is 0.954. The van der Waals surface area contributed by atoms with Crippen LogP contribution < -0.4 is 9.04 Å². The third kappa shape index (κ3) is 4.65. The first-order valence-corrected chi connectivity index (χ1v) is 13.0. The molecule has 32 heavy (non-hydrogen) atoms. The van der Waals surface area contributed by atoms with E-state index in [0.29, 0.717) is 23.8 Å². The first-order chi connectivity index (χ1) is 15.4. The van der Waals surface area contributed by atoms with Gasteiger partial charge in [0.2, 0.25) is 0 Å². The molecule has 0 saturated carbocycles. The first kappa shape index (κ1) is 23.1. The van der Waals surface area contributed by atoms with E-state index in [1.165, 1.54) is 5.56 Å². The van der Waals surface area contributed by atoms with Gasteiger partial charge in [-0.2, -0.15) is 0 Å². The number of fused-ring (bicyclic) bond motifs is 1. The largest absolute Gasteiger partial charge is 0.493 e. The van der Waals surface area contributed by atoms with Crippen molar-refractivity contribution >= 4 is 15.7 Å². The highest BCUT2D eigenvalue weighted by atomic mass is 32.2. The second-order valence-corrected chi connectivity index (χ2v) is 10.6. The maximum absolute atomic E-state index is 13.7. The molecule has 2 aliphatic heterocycles. The van der Waals surface area contributed by atoms with Crippen molar-refractivity contribution in [1.82, 2.24) is 0 Å². The Morgan fingerprint density at radius 3 is 2.62 bits per heavy atom. The normalized spacial score (nSPS) is 19.6. The van der Waals surface area contributed by atoms with E-state index in [0.717, 1.165) is 56.6 Å². The van der Waals surface area contributed by atoms with Gasteiger partial charge in [-0.05, 0) is 80.3 Å². The number of nitrogens with zero attached hydrogens (tertiary/aromatic N) is 1. The Balaban J connectivity index is 1.61. The Morgan fingerprint density at radius 2 is 1.91 bits per heavy atom. The highest BCUT2D eigenvalue weighted by Gasteiger charge is 2.34. The number of benzene rings is 2. The van der Waals surface area contributed by atoms with Gasteiger partial charge in [-0.25, -0.2) is 8.42 Å². The average Bonchev–Trinajstić information content (AvgIpc) is 2.82. The zero-order chi connectivity index (χ0) is 22.7. The van der Waals surface area contributed by atoms with Gasteiger partial charge in [0.15, 0.2) is 0 Å². The van der Waals surface area contributed by atoms with E-state index in [4.69, 9.17) is 9.47 Å². The smallest absolute Gasteiger partial charge is 0.264 e. The van der Waals surface area contributed by atoms with Crippen LogP contribution in [-0.4, -0.2) is 39.4 Å². The lowest BCUT2D eigenvalue weighted by Crippen LogP contribution is -2.42. The van der Waals surface area contributed by atoms with E-state index in [2.05, 4.69) is 13.0 Å². The van der Waals surface area contributed by atoms with Crippen molar-refractivity contribution in [2.75, 3.05) is 24.1 Å². The molecule has 1 N–H and O–H groups in total. The number of aryl methyl sites for hydroxylation is 2. The van der Waals surface area contributed by atoms with Gasteiger partial charge >= 0.3 is 0 Å². The third-order valence-corrected chi connectivity index (χ3v) is 8.52. The molecule has 4 rings (SSSR count). The fraction of sp³-hybridized carbons (Fsp3) is 0.520. The second kappa shape index (κ2) is 9.81. The Bertz CT molecular complexity index is 1050. The van der Waals surface area contributed by atoms with Gasteiger partial charge in [-0.15, -0.1) is 0 Å². The Hall–Kier alpha value is -2.09. The molecule has 0 radical (unpaired) electrons. The number of aliphatic hydroxyl groups excluding tert-OH is 1. The minimum Gasteiger partial charge on any atom is -0.493 e. The maximum Gasteiger partial charge on any atom is 0.264 e. The van der Waals surface area contributed by atoms with Crippen LogP contribution in [-0.2, 0) is 34.2 Å². The SMILES string of the molecule is CCc1ccc2c(c1)CCC(C)N2S(=O)(=O)c1ccc(OCC2CCOCC2)c(CO)c1. The van der Waals surface area contributed by atoms with Crippen molar-refractivity contribution < 1.29 is 23.0 Å². The molecule has 1 saturated heterocycles. The summed E-state index contributed by atoms with van der Waals surface area (Å²) in [6.07, 6.45) is 4.47. The van der Waals surface area contributed by atoms with Gasteiger partial charge in [-0.1, -0.05) is 19.1 Å². The lowest BCUT2D eigenvalue weighted by Gasteiger charge is -2.36. The Morgan fingerprint density at radius 1 is 1.12 bits per heavy atom. The minimum atomic E-state index is -3.78. The van der Waals surface area contributed by atoms with Crippen molar-refractivity contribution in [1.29, 1.82) is 0 Å². The molecule has 1 atom stereocenters. The molecular weight excluding hydrogens is 426 g/mol. The second-order valence-electron chi connectivity index (χ2n) is 8.80. The number of sulfonamides is 1. The van der Waals surface area contributed by atoms with E-state index in [1.54, 1.807) is 22.5 Å². The van der Waals surface area contributed by atoms with E-state index < -0.39 is 10.0 Å². The van der Waals surface area contributed by atoms with E-state index in [-0.39, 0.29) is 17.5 Å². The molecule has 0 aromatic heterocycles. The number of aliphatic hydroxyl groups is 1. The molecule has 6 nitrogen and oxygen atoms in total. The van der Waals surface area contributed by atoms with Crippen molar-refractivity contribution in [3.8, 4) is 5.75 Å². The molecule has 7 heteroatoms. The highest BCUT2D eigenvalue weighted by Crippen LogP contribution is 2.37. The lowest BCUT2D eigenvalue weighted by molar-refractivity contribution is 0.0494. The highest BCUT2D eigenvalue weighted by molar-refractivity contribution is 7.92. The molecular formula is C25H33NO5S. The summed E-state index contributed by atoms with van der Waals surface area (Å²) in [4.78, 5) is 0.180. The van der Waals surface area contributed by atoms with Crippen LogP contribution >= 0.6 is 0 Å². The van der Waals surface area contributed by atoms with Gasteiger partial charge in [0.1, 0.15) is 5.75 Å². The average molecular weight is 460 g/mol. The van der Waals surface area contributed by atoms with Crippen LogP contribution in [0.4, 0.5) is 5.69 Å². The number of anilines is 1. The fourth-order valence-corrected chi connectivity index (χ4v) is 6.35. The van der Waals surface area contributed by atoms with Gasteiger partial charge in [0, 0.05) is 24.8 Å². The molecule has 0 spiro atoms. The quantitative estimate of drug-likeness (QED) is 0.675. The summed E-state index contributed by atoms with van der Waals surface area (Å²) in [6.45, 7) is 5.80. The molecule has 0 bridgehead atoms. The fourth-order valence-electron chi connectivity index (χ4n) is 4.57. The number of hydrogen-bond donors (Lipinski definition) is 1. The summed E-state index contributed by atoms with van der Waals surface area (Å²) < 4.78 is 40.3. The third-order valence-electron chi connectivity index (χ3n) is 6.60. The van der Waals surface area contributed by atoms with Crippen LogP contribution in [0.3, 0.4) is 0 Å². The predicted molar refractivity (Wildman–Crippen MR) is 125 cm³/mol. The zero-order valence-electron chi connectivity index (χ0n) is 18.9. The summed E-state index contributed by atoms with van der Waals surface area (Å²) in [5.41, 5.74) is 3.53. The molecule has 2 aromatic carbocycles. The molecule has 174 valence electrons. The summed E-state index contributed by atoms with van der Waals surface area (Å²) in [5, 5.41) is 9.91. The van der Waals surface area contributed by atoms with Gasteiger partial charge < -0.3 is 14.6 Å². The van der Waals surface area contributed by atoms with Gasteiger partial charge in [0.25, 0.3) is 10.0 Å². The van der Waals surface area contributed by atoms with Gasteiger partial charge in [-0.3, -0.25) is 4.31 Å². The van der Waals surface area contributed by atoms with Crippen LogP contribution in [0.2, 0.25) is 0 Å². The predicted octanol–water partition coefficient (Wildman–Crippen LogP) is 4.08. The first-order valence-electron chi connectivity index (χ1n) is 11.5. The molecule has 2 aliphatic rings. The van der Waals surface area contributed by atoms with Crippen molar-refractivity contribution in [3.63, 3.8) is 0 Å². The van der Waals surface area contributed by atoms with Crippen molar-refractivity contribution in [3.05, 3.63) is 53.1 Å².